The number of non-ortho nitro benzene ring substituents is 1. The number of nitrogens with zero attached hydrogens (tertiary/aromatic N) is 4. The van der Waals surface area contributed by atoms with Gasteiger partial charge in [0.15, 0.2) is 5.58 Å². The molecule has 8 heteroatoms. The second kappa shape index (κ2) is 6.68. The first-order valence-corrected chi connectivity index (χ1v) is 7.92. The second-order valence-electron chi connectivity index (χ2n) is 5.67. The van der Waals surface area contributed by atoms with Gasteiger partial charge in [0.2, 0.25) is 5.89 Å². The highest BCUT2D eigenvalue weighted by molar-refractivity contribution is 5.87. The van der Waals surface area contributed by atoms with Gasteiger partial charge in [0, 0.05) is 41.9 Å². The largest absolute Gasteiger partial charge is 0.507 e. The Morgan fingerprint density at radius 2 is 1.93 bits per heavy atom. The number of aliphatic imine (C=N–C) groups is 1. The van der Waals surface area contributed by atoms with Crippen molar-refractivity contribution >= 4 is 28.7 Å². The van der Waals surface area contributed by atoms with E-state index in [0.717, 1.165) is 5.56 Å². The summed E-state index contributed by atoms with van der Waals surface area (Å²) >= 11 is 0. The van der Waals surface area contributed by atoms with Crippen LogP contribution in [0.5, 0.6) is 5.75 Å². The number of benzene rings is 2. The number of pyridine rings is 1. The van der Waals surface area contributed by atoms with Crippen molar-refractivity contribution in [2.45, 2.75) is 0 Å². The van der Waals surface area contributed by atoms with Crippen LogP contribution in [0.2, 0.25) is 0 Å². The number of hydrogen-bond donors (Lipinski definition) is 1. The zero-order valence-electron chi connectivity index (χ0n) is 13.8. The van der Waals surface area contributed by atoms with Crippen LogP contribution in [-0.2, 0) is 0 Å². The van der Waals surface area contributed by atoms with E-state index in [4.69, 9.17) is 4.42 Å². The summed E-state index contributed by atoms with van der Waals surface area (Å²) in [5, 5.41) is 20.7. The van der Waals surface area contributed by atoms with Crippen LogP contribution >= 0.6 is 0 Å². The predicted molar refractivity (Wildman–Crippen MR) is 99.3 cm³/mol. The van der Waals surface area contributed by atoms with Crippen molar-refractivity contribution in [1.29, 1.82) is 0 Å². The molecule has 0 fully saturated rings. The summed E-state index contributed by atoms with van der Waals surface area (Å²) in [5.41, 5.74) is 2.75. The molecule has 0 atom stereocenters. The number of rotatable bonds is 4. The van der Waals surface area contributed by atoms with Crippen LogP contribution in [0.1, 0.15) is 5.56 Å². The van der Waals surface area contributed by atoms with E-state index in [-0.39, 0.29) is 17.0 Å². The smallest absolute Gasteiger partial charge is 0.270 e. The highest BCUT2D eigenvalue weighted by atomic mass is 16.6. The van der Waals surface area contributed by atoms with Gasteiger partial charge < -0.3 is 9.52 Å². The van der Waals surface area contributed by atoms with Crippen LogP contribution < -0.4 is 0 Å². The highest BCUT2D eigenvalue weighted by Gasteiger charge is 2.10. The molecule has 0 saturated heterocycles. The molecule has 0 saturated carbocycles. The van der Waals surface area contributed by atoms with E-state index in [9.17, 15) is 15.2 Å². The van der Waals surface area contributed by atoms with Gasteiger partial charge in [-0.15, -0.1) is 0 Å². The second-order valence-corrected chi connectivity index (χ2v) is 5.67. The van der Waals surface area contributed by atoms with Gasteiger partial charge in [-0.1, -0.05) is 0 Å². The molecule has 2 aromatic carbocycles. The van der Waals surface area contributed by atoms with E-state index in [2.05, 4.69) is 15.0 Å². The van der Waals surface area contributed by atoms with E-state index < -0.39 is 4.92 Å². The minimum atomic E-state index is -0.529. The number of nitro groups is 1. The number of hydrogen-bond acceptors (Lipinski definition) is 7. The van der Waals surface area contributed by atoms with Crippen molar-refractivity contribution < 1.29 is 14.4 Å². The van der Waals surface area contributed by atoms with Gasteiger partial charge in [-0.05, 0) is 36.4 Å². The third-order valence-electron chi connectivity index (χ3n) is 3.87. The summed E-state index contributed by atoms with van der Waals surface area (Å²) in [6, 6.07) is 12.6. The molecular weight excluding hydrogens is 348 g/mol. The Kier molecular flexibility index (Phi) is 4.06. The lowest BCUT2D eigenvalue weighted by atomic mass is 10.2. The molecule has 1 N–H and O–H groups in total. The summed E-state index contributed by atoms with van der Waals surface area (Å²) in [5.74, 6) is 0.386. The zero-order valence-corrected chi connectivity index (χ0v) is 13.8. The molecule has 0 unspecified atom stereocenters. The monoisotopic (exact) mass is 360 g/mol. The first kappa shape index (κ1) is 16.4. The predicted octanol–water partition coefficient (Wildman–Crippen LogP) is 4.25. The quantitative estimate of drug-likeness (QED) is 0.330. The summed E-state index contributed by atoms with van der Waals surface area (Å²) in [6.07, 6.45) is 4.68. The summed E-state index contributed by atoms with van der Waals surface area (Å²) < 4.78 is 5.73. The summed E-state index contributed by atoms with van der Waals surface area (Å²) in [4.78, 5) is 23.0. The van der Waals surface area contributed by atoms with Crippen molar-refractivity contribution in [3.63, 3.8) is 0 Å². The average Bonchev–Trinajstić information content (AvgIpc) is 3.11. The van der Waals surface area contributed by atoms with Gasteiger partial charge in [-0.25, -0.2) is 4.98 Å². The van der Waals surface area contributed by atoms with Crippen molar-refractivity contribution in [1.82, 2.24) is 9.97 Å². The van der Waals surface area contributed by atoms with Gasteiger partial charge in [0.1, 0.15) is 11.3 Å². The van der Waals surface area contributed by atoms with Crippen molar-refractivity contribution in [3.05, 3.63) is 76.6 Å². The maximum absolute atomic E-state index is 10.9. The van der Waals surface area contributed by atoms with Crippen molar-refractivity contribution in [2.75, 3.05) is 0 Å². The molecular formula is C19H12N4O4. The molecule has 0 bridgehead atoms. The van der Waals surface area contributed by atoms with E-state index >= 15 is 0 Å². The van der Waals surface area contributed by atoms with Crippen LogP contribution in [0.3, 0.4) is 0 Å². The normalized spacial score (nSPS) is 11.3. The van der Waals surface area contributed by atoms with Gasteiger partial charge in [-0.3, -0.25) is 20.1 Å². The number of aromatic nitrogens is 2. The first-order chi connectivity index (χ1) is 13.1. The van der Waals surface area contributed by atoms with Crippen LogP contribution in [0.15, 0.2) is 70.3 Å². The van der Waals surface area contributed by atoms with Crippen molar-refractivity contribution in [3.8, 4) is 17.2 Å². The molecule has 2 heterocycles. The molecule has 0 amide bonds. The molecule has 0 aliphatic heterocycles. The maximum Gasteiger partial charge on any atom is 0.270 e. The average molecular weight is 360 g/mol. The van der Waals surface area contributed by atoms with Crippen molar-refractivity contribution in [2.24, 2.45) is 4.99 Å². The number of nitro benzene ring substituents is 1. The molecule has 132 valence electrons. The standard InChI is InChI=1S/C19H12N4O4/c24-17-3-2-15(23(25)26)9-13(17)11-21-14-1-4-18-16(10-14)22-19(27-18)12-5-7-20-8-6-12/h1-11,24H. The molecule has 4 aromatic rings. The number of phenolic OH excluding ortho intramolecular Hbond substituents is 1. The Hall–Kier alpha value is -4.07. The SMILES string of the molecule is O=[N+]([O-])c1ccc(O)c(C=Nc2ccc3oc(-c4ccncc4)nc3c2)c1. The fourth-order valence-corrected chi connectivity index (χ4v) is 2.52. The van der Waals surface area contributed by atoms with Crippen LogP contribution in [0.4, 0.5) is 11.4 Å². The molecule has 27 heavy (non-hydrogen) atoms. The highest BCUT2D eigenvalue weighted by Crippen LogP contribution is 2.27. The number of aromatic hydroxyl groups is 1. The maximum atomic E-state index is 10.9. The molecule has 8 nitrogen and oxygen atoms in total. The van der Waals surface area contributed by atoms with Crippen LogP contribution in [0.25, 0.3) is 22.6 Å². The Morgan fingerprint density at radius 3 is 2.70 bits per heavy atom. The molecule has 2 aromatic heterocycles. The molecule has 0 aliphatic carbocycles. The third-order valence-corrected chi connectivity index (χ3v) is 3.87. The lowest BCUT2D eigenvalue weighted by Crippen LogP contribution is -1.90. The van der Waals surface area contributed by atoms with Crippen LogP contribution in [-0.4, -0.2) is 26.2 Å². The minimum absolute atomic E-state index is 0.0909. The lowest BCUT2D eigenvalue weighted by molar-refractivity contribution is -0.384. The van der Waals surface area contributed by atoms with E-state index in [1.807, 2.05) is 0 Å². The Labute approximate surface area is 152 Å². The molecule has 0 aliphatic rings. The fourth-order valence-electron chi connectivity index (χ4n) is 2.52. The first-order valence-electron chi connectivity index (χ1n) is 7.92. The van der Waals surface area contributed by atoms with E-state index in [1.165, 1.54) is 24.4 Å². The van der Waals surface area contributed by atoms with Gasteiger partial charge in [-0.2, -0.15) is 0 Å². The lowest BCUT2D eigenvalue weighted by Gasteiger charge is -1.99. The number of fused-ring (bicyclic) bond motifs is 1. The number of phenols is 1. The Bertz CT molecular complexity index is 1170. The van der Waals surface area contributed by atoms with E-state index in [0.29, 0.717) is 22.7 Å². The van der Waals surface area contributed by atoms with Gasteiger partial charge >= 0.3 is 0 Å². The molecule has 0 radical (unpaired) electrons. The minimum Gasteiger partial charge on any atom is -0.507 e. The zero-order chi connectivity index (χ0) is 18.8. The Morgan fingerprint density at radius 1 is 1.11 bits per heavy atom. The number of oxazole rings is 1. The topological polar surface area (TPSA) is 115 Å². The van der Waals surface area contributed by atoms with E-state index in [1.54, 1.807) is 42.7 Å². The van der Waals surface area contributed by atoms with Gasteiger partial charge in [0.25, 0.3) is 5.69 Å². The third kappa shape index (κ3) is 3.36. The molecule has 0 spiro atoms. The van der Waals surface area contributed by atoms with Gasteiger partial charge in [0.05, 0.1) is 10.6 Å². The summed E-state index contributed by atoms with van der Waals surface area (Å²) in [7, 11) is 0. The Balaban J connectivity index is 1.66. The molecule has 4 rings (SSSR count). The fraction of sp³-hybridized carbons (Fsp3) is 0. The van der Waals surface area contributed by atoms with Crippen LogP contribution in [0, 0.1) is 10.1 Å². The summed E-state index contributed by atoms with van der Waals surface area (Å²) in [6.45, 7) is 0.